The lowest BCUT2D eigenvalue weighted by Crippen LogP contribution is -2.37. The summed E-state index contributed by atoms with van der Waals surface area (Å²) in [5, 5.41) is 19.8. The van der Waals surface area contributed by atoms with E-state index in [1.165, 1.54) is 4.90 Å². The molecule has 1 aliphatic rings. The van der Waals surface area contributed by atoms with Gasteiger partial charge in [-0.15, -0.1) is 0 Å². The largest absolute Gasteiger partial charge is 0.478 e. The molecular formula is C34H30N2O9S. The van der Waals surface area contributed by atoms with Crippen molar-refractivity contribution >= 4 is 33.8 Å². The number of hydrogen-bond donors (Lipinski definition) is 3. The molecular weight excluding hydrogens is 612 g/mol. The lowest BCUT2D eigenvalue weighted by molar-refractivity contribution is 0.0613. The molecule has 3 N–H and O–H groups in total. The lowest BCUT2D eigenvalue weighted by atomic mass is 9.86. The van der Waals surface area contributed by atoms with Gasteiger partial charge in [-0.25, -0.2) is 22.7 Å². The number of para-hydroxylation sites is 1. The molecule has 2 amide bonds. The van der Waals surface area contributed by atoms with E-state index in [9.17, 15) is 37.8 Å². The summed E-state index contributed by atoms with van der Waals surface area (Å²) in [6.45, 7) is 0.00837. The van der Waals surface area contributed by atoms with E-state index in [0.717, 1.165) is 30.0 Å². The van der Waals surface area contributed by atoms with Crippen LogP contribution in [0.15, 0.2) is 91.0 Å². The van der Waals surface area contributed by atoms with Crippen LogP contribution < -0.4 is 9.46 Å². The number of carbonyl (C=O) groups excluding carboxylic acids is 2. The van der Waals surface area contributed by atoms with E-state index < -0.39 is 62.1 Å². The topological polar surface area (TPSA) is 167 Å². The third-order valence-corrected chi connectivity index (χ3v) is 8.13. The standard InChI is InChI=1S/C34H30N2O9S/c1-46(43,44)35-31(37)26-18-27(29(34(41)42)19-28(26)33(39)40)32(38)36(30-16-8-11-22-10-5-6-15-25(22)30)20-21-9-7-14-24(17-21)45-23-12-3-2-4-13-23/h2-7,9-10,12-15,17-19,30H,8,11,16,20H2,1H3,(H,35,37)(H,39,40)(H,41,42)/t30-/m0/s1. The third kappa shape index (κ3) is 7.24. The highest BCUT2D eigenvalue weighted by molar-refractivity contribution is 7.89. The highest BCUT2D eigenvalue weighted by Crippen LogP contribution is 2.37. The summed E-state index contributed by atoms with van der Waals surface area (Å²) in [7, 11) is -4.12. The normalized spacial score (nSPS) is 14.1. The van der Waals surface area contributed by atoms with E-state index >= 15 is 0 Å². The van der Waals surface area contributed by atoms with Crippen LogP contribution in [0.2, 0.25) is 0 Å². The highest BCUT2D eigenvalue weighted by atomic mass is 32.2. The van der Waals surface area contributed by atoms with Crippen molar-refractivity contribution in [3.8, 4) is 11.5 Å². The molecule has 46 heavy (non-hydrogen) atoms. The Labute approximate surface area is 265 Å². The Morgan fingerprint density at radius 3 is 2.13 bits per heavy atom. The first kappa shape index (κ1) is 31.9. The molecule has 236 valence electrons. The summed E-state index contributed by atoms with van der Waals surface area (Å²) in [6, 6.07) is 24.9. The molecule has 1 aliphatic carbocycles. The van der Waals surface area contributed by atoms with E-state index in [1.54, 1.807) is 41.1 Å². The van der Waals surface area contributed by atoms with Gasteiger partial charge in [-0.3, -0.25) is 9.59 Å². The van der Waals surface area contributed by atoms with Crippen LogP contribution in [0, 0.1) is 0 Å². The summed E-state index contributed by atoms with van der Waals surface area (Å²) in [5.74, 6) is -4.24. The number of hydrogen-bond acceptors (Lipinski definition) is 7. The van der Waals surface area contributed by atoms with Crippen LogP contribution in [0.3, 0.4) is 0 Å². The van der Waals surface area contributed by atoms with Crippen molar-refractivity contribution in [2.45, 2.75) is 31.8 Å². The van der Waals surface area contributed by atoms with E-state index in [4.69, 9.17) is 4.74 Å². The Morgan fingerprint density at radius 2 is 1.43 bits per heavy atom. The SMILES string of the molecule is CS(=O)(=O)NC(=O)c1cc(C(=O)N(Cc2cccc(Oc3ccccc3)c2)[C@H]2CCCc3ccccc32)c(C(=O)O)cc1C(=O)O. The number of sulfonamides is 1. The fraction of sp³-hybridized carbons (Fsp3) is 0.176. The zero-order chi connectivity index (χ0) is 33.0. The Balaban J connectivity index is 1.63. The van der Waals surface area contributed by atoms with Gasteiger partial charge in [-0.2, -0.15) is 0 Å². The van der Waals surface area contributed by atoms with E-state index in [1.807, 2.05) is 42.5 Å². The second-order valence-electron chi connectivity index (χ2n) is 10.9. The first-order chi connectivity index (χ1) is 21.9. The van der Waals surface area contributed by atoms with Crippen molar-refractivity contribution in [1.29, 1.82) is 0 Å². The maximum Gasteiger partial charge on any atom is 0.336 e. The minimum atomic E-state index is -4.12. The fourth-order valence-electron chi connectivity index (χ4n) is 5.60. The van der Waals surface area contributed by atoms with Gasteiger partial charge >= 0.3 is 11.9 Å². The number of nitrogens with zero attached hydrogens (tertiary/aromatic N) is 1. The van der Waals surface area contributed by atoms with Crippen molar-refractivity contribution in [3.05, 3.63) is 130 Å². The van der Waals surface area contributed by atoms with Gasteiger partial charge in [0.15, 0.2) is 0 Å². The molecule has 0 aromatic heterocycles. The van der Waals surface area contributed by atoms with Crippen LogP contribution in [0.25, 0.3) is 0 Å². The van der Waals surface area contributed by atoms with Gasteiger partial charge in [0.2, 0.25) is 10.0 Å². The average molecular weight is 643 g/mol. The summed E-state index contributed by atoms with van der Waals surface area (Å²) in [6.07, 6.45) is 2.80. The fourth-order valence-corrected chi connectivity index (χ4v) is 6.05. The van der Waals surface area contributed by atoms with Crippen LogP contribution in [0.1, 0.15) is 77.0 Å². The summed E-state index contributed by atoms with van der Waals surface area (Å²) < 4.78 is 31.3. The second-order valence-corrected chi connectivity index (χ2v) is 12.6. The zero-order valence-electron chi connectivity index (χ0n) is 24.7. The first-order valence-corrected chi connectivity index (χ1v) is 16.2. The van der Waals surface area contributed by atoms with Gasteiger partial charge in [-0.05, 0) is 72.4 Å². The highest BCUT2D eigenvalue weighted by Gasteiger charge is 2.34. The number of carboxylic acid groups (broad SMARTS) is 2. The van der Waals surface area contributed by atoms with Gasteiger partial charge in [0, 0.05) is 6.54 Å². The van der Waals surface area contributed by atoms with Crippen LogP contribution in [-0.2, 0) is 23.0 Å². The molecule has 0 radical (unpaired) electrons. The molecule has 12 heteroatoms. The van der Waals surface area contributed by atoms with Crippen LogP contribution in [0.5, 0.6) is 11.5 Å². The Hall–Kier alpha value is -5.49. The summed E-state index contributed by atoms with van der Waals surface area (Å²) in [4.78, 5) is 53.4. The molecule has 0 spiro atoms. The number of ether oxygens (including phenoxy) is 1. The molecule has 0 bridgehead atoms. The molecule has 4 aromatic rings. The molecule has 11 nitrogen and oxygen atoms in total. The zero-order valence-corrected chi connectivity index (χ0v) is 25.5. The van der Waals surface area contributed by atoms with Crippen LogP contribution in [-0.4, -0.2) is 53.5 Å². The van der Waals surface area contributed by atoms with E-state index in [-0.39, 0.29) is 6.54 Å². The number of benzene rings is 4. The van der Waals surface area contributed by atoms with Gasteiger partial charge in [-0.1, -0.05) is 54.6 Å². The van der Waals surface area contributed by atoms with Crippen LogP contribution >= 0.6 is 0 Å². The number of rotatable bonds is 10. The van der Waals surface area contributed by atoms with Gasteiger partial charge in [0.25, 0.3) is 11.8 Å². The van der Waals surface area contributed by atoms with E-state index in [0.29, 0.717) is 35.8 Å². The van der Waals surface area contributed by atoms with E-state index in [2.05, 4.69) is 0 Å². The maximum atomic E-state index is 14.5. The number of fused-ring (bicyclic) bond motifs is 1. The number of aryl methyl sites for hydroxylation is 1. The Bertz CT molecular complexity index is 1940. The number of carbonyl (C=O) groups is 4. The smallest absolute Gasteiger partial charge is 0.336 e. The Morgan fingerprint density at radius 1 is 0.804 bits per heavy atom. The molecule has 0 saturated carbocycles. The number of amides is 2. The second kappa shape index (κ2) is 13.2. The van der Waals surface area contributed by atoms with Gasteiger partial charge in [0.05, 0.1) is 34.6 Å². The number of nitrogens with one attached hydrogen (secondary N) is 1. The van der Waals surface area contributed by atoms with Crippen molar-refractivity contribution < 1.29 is 42.5 Å². The summed E-state index contributed by atoms with van der Waals surface area (Å²) in [5.41, 5.74) is 0.0331. The van der Waals surface area contributed by atoms with Gasteiger partial charge < -0.3 is 19.8 Å². The summed E-state index contributed by atoms with van der Waals surface area (Å²) >= 11 is 0. The average Bonchev–Trinajstić information content (AvgIpc) is 3.02. The third-order valence-electron chi connectivity index (χ3n) is 7.58. The molecule has 5 rings (SSSR count). The molecule has 0 heterocycles. The number of aromatic carboxylic acids is 2. The Kier molecular flexibility index (Phi) is 9.19. The minimum absolute atomic E-state index is 0.00837. The molecule has 0 unspecified atom stereocenters. The molecule has 1 atom stereocenters. The van der Waals surface area contributed by atoms with Gasteiger partial charge in [0.1, 0.15) is 11.5 Å². The predicted octanol–water partition coefficient (Wildman–Crippen LogP) is 5.28. The molecule has 0 saturated heterocycles. The van der Waals surface area contributed by atoms with Crippen molar-refractivity contribution in [2.75, 3.05) is 6.26 Å². The van der Waals surface area contributed by atoms with Crippen molar-refractivity contribution in [2.24, 2.45) is 0 Å². The predicted molar refractivity (Wildman–Crippen MR) is 168 cm³/mol. The minimum Gasteiger partial charge on any atom is -0.478 e. The molecule has 4 aromatic carbocycles. The number of carboxylic acids is 2. The van der Waals surface area contributed by atoms with Crippen molar-refractivity contribution in [3.63, 3.8) is 0 Å². The molecule has 0 aliphatic heterocycles. The lowest BCUT2D eigenvalue weighted by Gasteiger charge is -2.36. The van der Waals surface area contributed by atoms with Crippen molar-refractivity contribution in [1.82, 2.24) is 9.62 Å². The van der Waals surface area contributed by atoms with Crippen LogP contribution in [0.4, 0.5) is 0 Å². The molecule has 0 fully saturated rings. The maximum absolute atomic E-state index is 14.5. The monoisotopic (exact) mass is 642 g/mol. The first-order valence-electron chi connectivity index (χ1n) is 14.3. The quantitative estimate of drug-likeness (QED) is 0.208.